The monoisotopic (exact) mass is 218 g/mol. The van der Waals surface area contributed by atoms with Crippen molar-refractivity contribution in [2.24, 2.45) is 0 Å². The van der Waals surface area contributed by atoms with Crippen LogP contribution in [-0.4, -0.2) is 12.6 Å². The van der Waals surface area contributed by atoms with Crippen molar-refractivity contribution in [3.05, 3.63) is 47.5 Å². The Bertz CT molecular complexity index is 350. The molecule has 0 radical (unpaired) electrons. The molecule has 1 rings (SSSR count). The summed E-state index contributed by atoms with van der Waals surface area (Å²) in [5.41, 5.74) is 2.41. The highest BCUT2D eigenvalue weighted by molar-refractivity contribution is 5.69. The average Bonchev–Trinajstić information content (AvgIpc) is 2.29. The van der Waals surface area contributed by atoms with Gasteiger partial charge in [-0.15, -0.1) is 0 Å². The number of ether oxygens (including phenoxy) is 1. The van der Waals surface area contributed by atoms with Crippen LogP contribution in [0.4, 0.5) is 0 Å². The Morgan fingerprint density at radius 3 is 2.62 bits per heavy atom. The van der Waals surface area contributed by atoms with E-state index in [1.165, 1.54) is 11.1 Å². The van der Waals surface area contributed by atoms with Crippen molar-refractivity contribution in [3.8, 4) is 0 Å². The number of hydrogen-bond donors (Lipinski definition) is 0. The molecule has 16 heavy (non-hydrogen) atoms. The van der Waals surface area contributed by atoms with Gasteiger partial charge in [0.1, 0.15) is 6.61 Å². The Balaban J connectivity index is 2.28. The van der Waals surface area contributed by atoms with Crippen LogP contribution < -0.4 is 0 Å². The van der Waals surface area contributed by atoms with Crippen molar-refractivity contribution in [2.75, 3.05) is 6.61 Å². The first kappa shape index (κ1) is 12.5. The van der Waals surface area contributed by atoms with Crippen LogP contribution in [0.2, 0.25) is 0 Å². The SMILES string of the molecule is C/C=C/COC(=O)CCc1ccc(C)cc1. The minimum absolute atomic E-state index is 0.140. The predicted octanol–water partition coefficient (Wildman–Crippen LogP) is 3.05. The smallest absolute Gasteiger partial charge is 0.306 e. The lowest BCUT2D eigenvalue weighted by Gasteiger charge is -2.02. The summed E-state index contributed by atoms with van der Waals surface area (Å²) in [4.78, 5) is 11.3. The maximum absolute atomic E-state index is 11.3. The molecule has 86 valence electrons. The first-order valence-electron chi connectivity index (χ1n) is 5.54. The highest BCUT2D eigenvalue weighted by atomic mass is 16.5. The summed E-state index contributed by atoms with van der Waals surface area (Å²) in [6, 6.07) is 8.21. The molecule has 2 nitrogen and oxygen atoms in total. The van der Waals surface area contributed by atoms with Crippen LogP contribution >= 0.6 is 0 Å². The van der Waals surface area contributed by atoms with Crippen molar-refractivity contribution in [1.82, 2.24) is 0 Å². The van der Waals surface area contributed by atoms with Crippen LogP contribution in [0.5, 0.6) is 0 Å². The van der Waals surface area contributed by atoms with Crippen molar-refractivity contribution in [1.29, 1.82) is 0 Å². The number of esters is 1. The lowest BCUT2D eigenvalue weighted by Crippen LogP contribution is -2.05. The van der Waals surface area contributed by atoms with Gasteiger partial charge in [-0.1, -0.05) is 42.0 Å². The second-order valence-electron chi connectivity index (χ2n) is 3.74. The number of rotatable bonds is 5. The molecule has 0 unspecified atom stereocenters. The Kier molecular flexibility index (Phi) is 5.34. The van der Waals surface area contributed by atoms with Crippen molar-refractivity contribution < 1.29 is 9.53 Å². The van der Waals surface area contributed by atoms with E-state index in [1.54, 1.807) is 0 Å². The third-order valence-corrected chi connectivity index (χ3v) is 2.31. The summed E-state index contributed by atoms with van der Waals surface area (Å²) in [6.45, 7) is 4.33. The van der Waals surface area contributed by atoms with E-state index in [0.717, 1.165) is 6.42 Å². The van der Waals surface area contributed by atoms with Crippen LogP contribution in [0, 0.1) is 6.92 Å². The van der Waals surface area contributed by atoms with Gasteiger partial charge in [0.25, 0.3) is 0 Å². The Labute approximate surface area is 96.9 Å². The van der Waals surface area contributed by atoms with Crippen molar-refractivity contribution in [2.45, 2.75) is 26.7 Å². The summed E-state index contributed by atoms with van der Waals surface area (Å²) in [5, 5.41) is 0. The molecule has 0 fully saturated rings. The van der Waals surface area contributed by atoms with Crippen LogP contribution in [0.15, 0.2) is 36.4 Å². The molecule has 0 saturated heterocycles. The molecule has 0 aliphatic heterocycles. The van der Waals surface area contributed by atoms with Gasteiger partial charge < -0.3 is 4.74 Å². The fraction of sp³-hybridized carbons (Fsp3) is 0.357. The lowest BCUT2D eigenvalue weighted by atomic mass is 10.1. The van der Waals surface area contributed by atoms with Gasteiger partial charge in [0.05, 0.1) is 0 Å². The molecule has 0 aliphatic rings. The van der Waals surface area contributed by atoms with E-state index in [9.17, 15) is 4.79 Å². The molecule has 1 aromatic carbocycles. The molecular formula is C14H18O2. The number of aryl methyl sites for hydroxylation is 2. The van der Waals surface area contributed by atoms with E-state index in [0.29, 0.717) is 13.0 Å². The van der Waals surface area contributed by atoms with Gasteiger partial charge in [-0.25, -0.2) is 0 Å². The first-order valence-corrected chi connectivity index (χ1v) is 5.54. The number of hydrogen-bond acceptors (Lipinski definition) is 2. The topological polar surface area (TPSA) is 26.3 Å². The van der Waals surface area contributed by atoms with Crippen LogP contribution in [0.1, 0.15) is 24.5 Å². The number of allylic oxidation sites excluding steroid dienone is 1. The average molecular weight is 218 g/mol. The minimum Gasteiger partial charge on any atom is -0.461 e. The maximum atomic E-state index is 11.3. The largest absolute Gasteiger partial charge is 0.461 e. The van der Waals surface area contributed by atoms with E-state index in [4.69, 9.17) is 4.74 Å². The van der Waals surface area contributed by atoms with E-state index < -0.39 is 0 Å². The lowest BCUT2D eigenvalue weighted by molar-refractivity contribution is -0.142. The molecule has 0 spiro atoms. The number of carbonyl (C=O) groups is 1. The van der Waals surface area contributed by atoms with Gasteiger partial charge >= 0.3 is 5.97 Å². The molecule has 0 N–H and O–H groups in total. The van der Waals surface area contributed by atoms with Crippen LogP contribution in [0.3, 0.4) is 0 Å². The minimum atomic E-state index is -0.140. The normalized spacial score (nSPS) is 10.6. The van der Waals surface area contributed by atoms with Gasteiger partial charge in [-0.2, -0.15) is 0 Å². The second-order valence-corrected chi connectivity index (χ2v) is 3.74. The third-order valence-electron chi connectivity index (χ3n) is 2.31. The third kappa shape index (κ3) is 4.78. The zero-order chi connectivity index (χ0) is 11.8. The quantitative estimate of drug-likeness (QED) is 0.561. The van der Waals surface area contributed by atoms with Gasteiger partial charge in [0.15, 0.2) is 0 Å². The summed E-state index contributed by atoms with van der Waals surface area (Å²) in [6.07, 6.45) is 4.88. The summed E-state index contributed by atoms with van der Waals surface area (Å²) >= 11 is 0. The van der Waals surface area contributed by atoms with Crippen molar-refractivity contribution >= 4 is 5.97 Å². The summed E-state index contributed by atoms with van der Waals surface area (Å²) in [7, 11) is 0. The molecule has 0 bridgehead atoms. The molecular weight excluding hydrogens is 200 g/mol. The zero-order valence-electron chi connectivity index (χ0n) is 9.90. The van der Waals surface area contributed by atoms with E-state index >= 15 is 0 Å². The van der Waals surface area contributed by atoms with Gasteiger partial charge in [0.2, 0.25) is 0 Å². The molecule has 0 aliphatic carbocycles. The molecule has 0 aromatic heterocycles. The first-order chi connectivity index (χ1) is 7.72. The Hall–Kier alpha value is -1.57. The van der Waals surface area contributed by atoms with Gasteiger partial charge in [0, 0.05) is 6.42 Å². The highest BCUT2D eigenvalue weighted by Crippen LogP contribution is 2.06. The molecule has 0 saturated carbocycles. The van der Waals surface area contributed by atoms with Gasteiger partial charge in [-0.05, 0) is 25.8 Å². The number of carbonyl (C=O) groups excluding carboxylic acids is 1. The van der Waals surface area contributed by atoms with Crippen LogP contribution in [-0.2, 0) is 16.0 Å². The molecule has 1 aromatic rings. The summed E-state index contributed by atoms with van der Waals surface area (Å²) < 4.78 is 5.00. The highest BCUT2D eigenvalue weighted by Gasteiger charge is 2.02. The van der Waals surface area contributed by atoms with E-state index in [-0.39, 0.29) is 5.97 Å². The molecule has 0 atom stereocenters. The van der Waals surface area contributed by atoms with E-state index in [1.807, 2.05) is 19.1 Å². The number of benzene rings is 1. The molecule has 0 amide bonds. The molecule has 0 heterocycles. The second kappa shape index (κ2) is 6.83. The molecule has 2 heteroatoms. The summed E-state index contributed by atoms with van der Waals surface area (Å²) in [5.74, 6) is -0.140. The fourth-order valence-corrected chi connectivity index (χ4v) is 1.31. The standard InChI is InChI=1S/C14H18O2/c1-3-4-11-16-14(15)10-9-13-7-5-12(2)6-8-13/h3-8H,9-11H2,1-2H3/b4-3+. The van der Waals surface area contributed by atoms with Gasteiger partial charge in [-0.3, -0.25) is 4.79 Å². The Morgan fingerprint density at radius 2 is 2.00 bits per heavy atom. The van der Waals surface area contributed by atoms with Crippen molar-refractivity contribution in [3.63, 3.8) is 0 Å². The van der Waals surface area contributed by atoms with Crippen LogP contribution in [0.25, 0.3) is 0 Å². The van der Waals surface area contributed by atoms with E-state index in [2.05, 4.69) is 31.2 Å². The predicted molar refractivity (Wildman–Crippen MR) is 65.3 cm³/mol. The Morgan fingerprint density at radius 1 is 1.31 bits per heavy atom. The maximum Gasteiger partial charge on any atom is 0.306 e. The zero-order valence-corrected chi connectivity index (χ0v) is 9.90. The fourth-order valence-electron chi connectivity index (χ4n) is 1.31.